The van der Waals surface area contributed by atoms with Gasteiger partial charge < -0.3 is 14.2 Å². The number of pyridine rings is 1. The molecule has 6 nitrogen and oxygen atoms in total. The number of aromatic nitrogens is 1. The number of carbonyl (C=O) groups is 2. The number of nitrogens with zero attached hydrogens (tertiary/aromatic N) is 3. The number of hydrogen-bond donors (Lipinski definition) is 0. The van der Waals surface area contributed by atoms with Crippen LogP contribution in [0.1, 0.15) is 12.0 Å². The van der Waals surface area contributed by atoms with Gasteiger partial charge in [0, 0.05) is 25.7 Å². The van der Waals surface area contributed by atoms with Crippen LogP contribution >= 0.6 is 0 Å². The number of anilines is 1. The molecular weight excluding hydrogens is 366 g/mol. The van der Waals surface area contributed by atoms with Crippen molar-refractivity contribution in [3.05, 3.63) is 90.0 Å². The molecule has 0 radical (unpaired) electrons. The summed E-state index contributed by atoms with van der Waals surface area (Å²) in [7, 11) is 0. The van der Waals surface area contributed by atoms with Crippen molar-refractivity contribution in [2.24, 2.45) is 4.99 Å². The fraction of sp³-hybridized carbons (Fsp3) is 0.174. The van der Waals surface area contributed by atoms with E-state index >= 15 is 0 Å². The largest absolute Gasteiger partial charge is 0.482 e. The molecule has 1 aromatic heterocycles. The molecule has 0 aliphatic carbocycles. The van der Waals surface area contributed by atoms with Crippen LogP contribution < -0.4 is 15.1 Å². The third-order valence-electron chi connectivity index (χ3n) is 4.71. The van der Waals surface area contributed by atoms with Gasteiger partial charge in [0.1, 0.15) is 11.2 Å². The molecule has 0 unspecified atom stereocenters. The zero-order chi connectivity index (χ0) is 20.1. The number of hydrogen-bond acceptors (Lipinski definition) is 3. The number of amides is 2. The molecule has 0 bridgehead atoms. The van der Waals surface area contributed by atoms with Crippen LogP contribution in [0.3, 0.4) is 0 Å². The topological polar surface area (TPSA) is 63.9 Å². The average Bonchev–Trinajstić information content (AvgIpc) is 2.75. The number of para-hydroxylation sites is 2. The molecule has 2 amide bonds. The minimum Gasteiger partial charge on any atom is -0.482 e. The van der Waals surface area contributed by atoms with Crippen molar-refractivity contribution in [3.63, 3.8) is 0 Å². The first kappa shape index (κ1) is 18.7. The molecule has 0 N–H and O–H groups in total. The molecule has 0 atom stereocenters. The Balaban J connectivity index is 1.49. The predicted octanol–water partition coefficient (Wildman–Crippen LogP) is 2.78. The minimum absolute atomic E-state index is 0.0158. The quantitative estimate of drug-likeness (QED) is 0.676. The maximum atomic E-state index is 12.5. The lowest BCUT2D eigenvalue weighted by Gasteiger charge is -2.28. The van der Waals surface area contributed by atoms with Gasteiger partial charge >= 0.3 is 0 Å². The molecule has 146 valence electrons. The number of rotatable bonds is 5. The Hall–Kier alpha value is -3.67. The van der Waals surface area contributed by atoms with Crippen LogP contribution in [-0.2, 0) is 16.1 Å². The van der Waals surface area contributed by atoms with Gasteiger partial charge in [0.15, 0.2) is 6.61 Å². The van der Waals surface area contributed by atoms with Crippen molar-refractivity contribution in [2.45, 2.75) is 13.0 Å². The van der Waals surface area contributed by atoms with Crippen LogP contribution in [0.2, 0.25) is 0 Å². The monoisotopic (exact) mass is 387 g/mol. The van der Waals surface area contributed by atoms with E-state index in [-0.39, 0.29) is 31.4 Å². The molecular formula is C23H21N3O3. The van der Waals surface area contributed by atoms with Crippen LogP contribution in [-0.4, -0.2) is 29.5 Å². The zero-order valence-electron chi connectivity index (χ0n) is 15.9. The number of carbonyl (C=O) groups excluding carboxylic acids is 2. The van der Waals surface area contributed by atoms with E-state index in [0.29, 0.717) is 23.5 Å². The van der Waals surface area contributed by atoms with Crippen molar-refractivity contribution in [3.8, 4) is 5.75 Å². The minimum atomic E-state index is -0.269. The SMILES string of the molecule is O=C(CCN1C(=O)COc2ccccc21)N=c1ccccn1Cc1ccccc1. The van der Waals surface area contributed by atoms with E-state index in [0.717, 1.165) is 5.56 Å². The van der Waals surface area contributed by atoms with Crippen molar-refractivity contribution in [1.29, 1.82) is 0 Å². The van der Waals surface area contributed by atoms with E-state index < -0.39 is 0 Å². The fourth-order valence-electron chi connectivity index (χ4n) is 3.27. The summed E-state index contributed by atoms with van der Waals surface area (Å²) in [6, 6.07) is 22.9. The van der Waals surface area contributed by atoms with Gasteiger partial charge in [0.2, 0.25) is 5.91 Å². The molecule has 4 rings (SSSR count). The highest BCUT2D eigenvalue weighted by Crippen LogP contribution is 2.31. The first-order valence-corrected chi connectivity index (χ1v) is 9.50. The molecule has 2 heterocycles. The van der Waals surface area contributed by atoms with E-state index in [1.54, 1.807) is 4.90 Å². The first-order valence-electron chi connectivity index (χ1n) is 9.50. The number of benzene rings is 2. The third kappa shape index (κ3) is 4.43. The van der Waals surface area contributed by atoms with Gasteiger partial charge in [-0.2, -0.15) is 4.99 Å². The highest BCUT2D eigenvalue weighted by Gasteiger charge is 2.25. The molecule has 0 spiro atoms. The summed E-state index contributed by atoms with van der Waals surface area (Å²) in [5, 5.41) is 0. The van der Waals surface area contributed by atoms with Crippen molar-refractivity contribution < 1.29 is 14.3 Å². The highest BCUT2D eigenvalue weighted by atomic mass is 16.5. The molecule has 2 aromatic carbocycles. The zero-order valence-corrected chi connectivity index (χ0v) is 15.9. The normalized spacial score (nSPS) is 13.7. The van der Waals surface area contributed by atoms with Gasteiger partial charge in [-0.15, -0.1) is 0 Å². The Labute approximate surface area is 168 Å². The molecule has 3 aromatic rings. The third-order valence-corrected chi connectivity index (χ3v) is 4.71. The molecule has 1 aliphatic heterocycles. The van der Waals surface area contributed by atoms with Crippen molar-refractivity contribution >= 4 is 17.5 Å². The standard InChI is InChI=1S/C23H21N3O3/c27-22(13-15-26-19-10-4-5-11-20(19)29-17-23(26)28)24-21-12-6-7-14-25(21)16-18-8-2-1-3-9-18/h1-12,14H,13,15-17H2. The second-order valence-corrected chi connectivity index (χ2v) is 6.73. The smallest absolute Gasteiger partial charge is 0.265 e. The van der Waals surface area contributed by atoms with Crippen LogP contribution in [0.15, 0.2) is 84.0 Å². The van der Waals surface area contributed by atoms with Gasteiger partial charge in [-0.1, -0.05) is 48.5 Å². The lowest BCUT2D eigenvalue weighted by Crippen LogP contribution is -2.40. The van der Waals surface area contributed by atoms with Gasteiger partial charge in [0.05, 0.1) is 5.69 Å². The summed E-state index contributed by atoms with van der Waals surface area (Å²) >= 11 is 0. The second-order valence-electron chi connectivity index (χ2n) is 6.73. The first-order chi connectivity index (χ1) is 14.2. The summed E-state index contributed by atoms with van der Waals surface area (Å²) < 4.78 is 7.37. The summed E-state index contributed by atoms with van der Waals surface area (Å²) in [6.07, 6.45) is 2.04. The van der Waals surface area contributed by atoms with E-state index in [1.165, 1.54) is 0 Å². The maximum Gasteiger partial charge on any atom is 0.265 e. The number of fused-ring (bicyclic) bond motifs is 1. The second kappa shape index (κ2) is 8.56. The lowest BCUT2D eigenvalue weighted by molar-refractivity contribution is -0.121. The van der Waals surface area contributed by atoms with E-state index in [1.807, 2.05) is 83.6 Å². The molecule has 6 heteroatoms. The average molecular weight is 387 g/mol. The van der Waals surface area contributed by atoms with E-state index in [4.69, 9.17) is 4.74 Å². The Morgan fingerprint density at radius 2 is 1.72 bits per heavy atom. The molecule has 0 saturated carbocycles. The number of ether oxygens (including phenoxy) is 1. The van der Waals surface area contributed by atoms with Crippen LogP contribution in [0.4, 0.5) is 5.69 Å². The fourth-order valence-corrected chi connectivity index (χ4v) is 3.27. The van der Waals surface area contributed by atoms with Crippen molar-refractivity contribution in [1.82, 2.24) is 4.57 Å². The summed E-state index contributed by atoms with van der Waals surface area (Å²) in [6.45, 7) is 0.883. The maximum absolute atomic E-state index is 12.5. The summed E-state index contributed by atoms with van der Waals surface area (Å²) in [4.78, 5) is 30.6. The predicted molar refractivity (Wildman–Crippen MR) is 109 cm³/mol. The Bertz CT molecular complexity index is 1090. The Morgan fingerprint density at radius 1 is 0.966 bits per heavy atom. The highest BCUT2D eigenvalue weighted by molar-refractivity contribution is 5.98. The van der Waals surface area contributed by atoms with Crippen LogP contribution in [0.5, 0.6) is 5.75 Å². The van der Waals surface area contributed by atoms with E-state index in [9.17, 15) is 9.59 Å². The Kier molecular flexibility index (Phi) is 5.52. The van der Waals surface area contributed by atoms with Gasteiger partial charge in [0.25, 0.3) is 5.91 Å². The van der Waals surface area contributed by atoms with Gasteiger partial charge in [-0.25, -0.2) is 0 Å². The van der Waals surface area contributed by atoms with Gasteiger partial charge in [-0.05, 0) is 29.8 Å². The van der Waals surface area contributed by atoms with Crippen molar-refractivity contribution in [2.75, 3.05) is 18.1 Å². The Morgan fingerprint density at radius 3 is 2.59 bits per heavy atom. The summed E-state index contributed by atoms with van der Waals surface area (Å²) in [5.41, 5.74) is 2.41. The van der Waals surface area contributed by atoms with E-state index in [2.05, 4.69) is 4.99 Å². The summed E-state index contributed by atoms with van der Waals surface area (Å²) in [5.74, 6) is 0.227. The van der Waals surface area contributed by atoms with Crippen LogP contribution in [0.25, 0.3) is 0 Å². The molecule has 1 aliphatic rings. The van der Waals surface area contributed by atoms with Gasteiger partial charge in [-0.3, -0.25) is 9.59 Å². The van der Waals surface area contributed by atoms with Crippen LogP contribution in [0, 0.1) is 0 Å². The molecule has 0 fully saturated rings. The molecule has 29 heavy (non-hydrogen) atoms. The molecule has 0 saturated heterocycles. The lowest BCUT2D eigenvalue weighted by atomic mass is 10.2.